The highest BCUT2D eigenvalue weighted by atomic mass is 16.6. The Hall–Kier alpha value is -3.15. The highest BCUT2D eigenvalue weighted by Crippen LogP contribution is 2.12. The van der Waals surface area contributed by atoms with Gasteiger partial charge in [-0.05, 0) is 83.5 Å². The molecule has 0 saturated carbocycles. The summed E-state index contributed by atoms with van der Waals surface area (Å²) in [5.41, 5.74) is 0. The van der Waals surface area contributed by atoms with E-state index < -0.39 is 12.1 Å². The van der Waals surface area contributed by atoms with Gasteiger partial charge in [-0.15, -0.1) is 0 Å². The summed E-state index contributed by atoms with van der Waals surface area (Å²) < 4.78 is 16.5. The smallest absolute Gasteiger partial charge is 0.309 e. The van der Waals surface area contributed by atoms with E-state index in [0.717, 1.165) is 83.5 Å². The van der Waals surface area contributed by atoms with Crippen LogP contribution in [0.3, 0.4) is 0 Å². The van der Waals surface area contributed by atoms with Crippen LogP contribution in [-0.2, 0) is 28.6 Å². The van der Waals surface area contributed by atoms with Gasteiger partial charge in [-0.2, -0.15) is 0 Å². The largest absolute Gasteiger partial charge is 0.462 e. The van der Waals surface area contributed by atoms with E-state index in [4.69, 9.17) is 14.2 Å². The van der Waals surface area contributed by atoms with Crippen LogP contribution >= 0.6 is 0 Å². The molecule has 0 heterocycles. The third-order valence-electron chi connectivity index (χ3n) is 9.23. The van der Waals surface area contributed by atoms with E-state index in [1.165, 1.54) is 77.0 Å². The Bertz CT molecular complexity index is 1070. The van der Waals surface area contributed by atoms with E-state index in [1.807, 2.05) is 6.08 Å². The second-order valence-corrected chi connectivity index (χ2v) is 14.6. The number of hydrogen-bond acceptors (Lipinski definition) is 6. The summed E-state index contributed by atoms with van der Waals surface area (Å²) in [4.78, 5) is 37.6. The van der Waals surface area contributed by atoms with Crippen LogP contribution in [0.4, 0.5) is 0 Å². The van der Waals surface area contributed by atoms with Gasteiger partial charge in [0.15, 0.2) is 6.10 Å². The predicted octanol–water partition coefficient (Wildman–Crippen LogP) is 14.3. The maximum absolute atomic E-state index is 12.7. The zero-order chi connectivity index (χ0) is 40.1. The lowest BCUT2D eigenvalue weighted by Crippen LogP contribution is -2.30. The zero-order valence-corrected chi connectivity index (χ0v) is 35.7. The van der Waals surface area contributed by atoms with Crippen molar-refractivity contribution in [3.8, 4) is 0 Å². The van der Waals surface area contributed by atoms with Crippen LogP contribution in [0.15, 0.2) is 72.9 Å². The van der Waals surface area contributed by atoms with Crippen molar-refractivity contribution < 1.29 is 28.6 Å². The highest BCUT2D eigenvalue weighted by Gasteiger charge is 2.19. The molecule has 55 heavy (non-hydrogen) atoms. The summed E-state index contributed by atoms with van der Waals surface area (Å²) in [6.07, 6.45) is 53.4. The Morgan fingerprint density at radius 3 is 1.42 bits per heavy atom. The molecule has 0 fully saturated rings. The van der Waals surface area contributed by atoms with Crippen LogP contribution in [0.5, 0.6) is 0 Å². The molecule has 0 bridgehead atoms. The van der Waals surface area contributed by atoms with Gasteiger partial charge >= 0.3 is 17.9 Å². The van der Waals surface area contributed by atoms with Gasteiger partial charge in [-0.1, -0.05) is 171 Å². The van der Waals surface area contributed by atoms with Crippen molar-refractivity contribution in [2.24, 2.45) is 0 Å². The first kappa shape index (κ1) is 51.9. The Balaban J connectivity index is 4.47. The number of rotatable bonds is 39. The molecule has 6 heteroatoms. The summed E-state index contributed by atoms with van der Waals surface area (Å²) in [6.45, 7) is 6.34. The molecule has 0 aromatic rings. The number of ether oxygens (including phenoxy) is 3. The first-order valence-corrected chi connectivity index (χ1v) is 22.5. The van der Waals surface area contributed by atoms with Crippen LogP contribution < -0.4 is 0 Å². The van der Waals surface area contributed by atoms with Gasteiger partial charge in [0, 0.05) is 12.8 Å². The minimum atomic E-state index is -0.820. The molecule has 0 aliphatic rings. The van der Waals surface area contributed by atoms with Crippen molar-refractivity contribution in [2.45, 2.75) is 207 Å². The fraction of sp³-hybridized carbons (Fsp3) is 0.694. The molecule has 6 nitrogen and oxygen atoms in total. The minimum absolute atomic E-state index is 0.115. The maximum atomic E-state index is 12.7. The van der Waals surface area contributed by atoms with Crippen LogP contribution in [0.1, 0.15) is 201 Å². The van der Waals surface area contributed by atoms with E-state index in [1.54, 1.807) is 6.08 Å². The van der Waals surface area contributed by atoms with Gasteiger partial charge in [0.05, 0.1) is 6.42 Å². The van der Waals surface area contributed by atoms with E-state index >= 15 is 0 Å². The molecule has 0 spiro atoms. The molecular formula is C49H82O6. The summed E-state index contributed by atoms with van der Waals surface area (Å²) in [5, 5.41) is 0. The van der Waals surface area contributed by atoms with Crippen molar-refractivity contribution in [2.75, 3.05) is 13.2 Å². The summed E-state index contributed by atoms with van der Waals surface area (Å²) in [5.74, 6) is -1.08. The molecule has 0 aliphatic carbocycles. The third kappa shape index (κ3) is 41.8. The van der Waals surface area contributed by atoms with Crippen molar-refractivity contribution >= 4 is 17.9 Å². The first-order valence-electron chi connectivity index (χ1n) is 22.5. The van der Waals surface area contributed by atoms with Crippen molar-refractivity contribution in [1.29, 1.82) is 0 Å². The van der Waals surface area contributed by atoms with Gasteiger partial charge in [0.2, 0.25) is 0 Å². The van der Waals surface area contributed by atoms with Gasteiger partial charge in [0.25, 0.3) is 0 Å². The lowest BCUT2D eigenvalue weighted by molar-refractivity contribution is -0.166. The SMILES string of the molecule is CC/C=C\C/C=C\C/C=C\CC(=O)OCC(COC(=O)CCCCCCCC/C=C\C=C/CCCCC)OC(=O)CCCCC/C=C\CCCCCCCC. The lowest BCUT2D eigenvalue weighted by atomic mass is 10.1. The summed E-state index contributed by atoms with van der Waals surface area (Å²) >= 11 is 0. The van der Waals surface area contributed by atoms with E-state index in [2.05, 4.69) is 81.5 Å². The molecule has 1 unspecified atom stereocenters. The number of esters is 3. The molecule has 0 N–H and O–H groups in total. The second-order valence-electron chi connectivity index (χ2n) is 14.6. The van der Waals surface area contributed by atoms with Crippen molar-refractivity contribution in [3.63, 3.8) is 0 Å². The molecule has 1 atom stereocenters. The summed E-state index contributed by atoms with van der Waals surface area (Å²) in [7, 11) is 0. The fourth-order valence-electron chi connectivity index (χ4n) is 5.84. The Morgan fingerprint density at radius 2 is 0.836 bits per heavy atom. The molecular weight excluding hydrogens is 685 g/mol. The topological polar surface area (TPSA) is 78.9 Å². The minimum Gasteiger partial charge on any atom is -0.462 e. The first-order chi connectivity index (χ1) is 27.0. The van der Waals surface area contributed by atoms with E-state index in [-0.39, 0.29) is 38.0 Å². The molecule has 0 radical (unpaired) electrons. The molecule has 0 saturated heterocycles. The average Bonchev–Trinajstić information content (AvgIpc) is 3.18. The zero-order valence-electron chi connectivity index (χ0n) is 35.7. The Kier molecular flexibility index (Phi) is 41.1. The Labute approximate surface area is 338 Å². The highest BCUT2D eigenvalue weighted by molar-refractivity contribution is 5.72. The van der Waals surface area contributed by atoms with Crippen molar-refractivity contribution in [3.05, 3.63) is 72.9 Å². The number of carbonyl (C=O) groups is 3. The quantitative estimate of drug-likeness (QED) is 0.0204. The maximum Gasteiger partial charge on any atom is 0.309 e. The standard InChI is InChI=1S/C49H82O6/c1-4-7-10-13-16-19-21-23-24-26-27-30-33-36-39-42-48(51)54-45-46(44-53-47(50)41-38-35-32-29-18-15-12-9-6-3)55-49(52)43-40-37-34-31-28-25-22-20-17-14-11-8-5-2/h9,12,16,18-19,21,23,25,28-29,35,38,46H,4-8,10-11,13-15,17,20,22,24,26-27,30-34,36-37,39-45H2,1-3H3/b12-9-,19-16-,23-21-,28-25-,29-18-,38-35-. The number of hydrogen-bond donors (Lipinski definition) is 0. The number of unbranched alkanes of at least 4 members (excludes halogenated alkanes) is 18. The lowest BCUT2D eigenvalue weighted by Gasteiger charge is -2.18. The number of allylic oxidation sites excluding steroid dienone is 11. The van der Waals surface area contributed by atoms with Gasteiger partial charge in [-0.25, -0.2) is 0 Å². The number of carbonyl (C=O) groups excluding carboxylic acids is 3. The fourth-order valence-corrected chi connectivity index (χ4v) is 5.84. The third-order valence-corrected chi connectivity index (χ3v) is 9.23. The van der Waals surface area contributed by atoms with Crippen LogP contribution in [-0.4, -0.2) is 37.2 Å². The van der Waals surface area contributed by atoms with Crippen LogP contribution in [0.25, 0.3) is 0 Å². The Morgan fingerprint density at radius 1 is 0.418 bits per heavy atom. The second kappa shape index (κ2) is 43.6. The van der Waals surface area contributed by atoms with Crippen LogP contribution in [0, 0.1) is 0 Å². The van der Waals surface area contributed by atoms with Gasteiger partial charge in [-0.3, -0.25) is 14.4 Å². The van der Waals surface area contributed by atoms with E-state index in [0.29, 0.717) is 6.42 Å². The molecule has 0 aromatic heterocycles. The monoisotopic (exact) mass is 767 g/mol. The van der Waals surface area contributed by atoms with Gasteiger partial charge in [0.1, 0.15) is 13.2 Å². The molecule has 0 aromatic carbocycles. The van der Waals surface area contributed by atoms with Crippen molar-refractivity contribution in [1.82, 2.24) is 0 Å². The van der Waals surface area contributed by atoms with E-state index in [9.17, 15) is 14.4 Å². The summed E-state index contributed by atoms with van der Waals surface area (Å²) in [6, 6.07) is 0. The molecule has 0 amide bonds. The molecule has 314 valence electrons. The normalized spacial score (nSPS) is 12.7. The van der Waals surface area contributed by atoms with Crippen LogP contribution in [0.2, 0.25) is 0 Å². The predicted molar refractivity (Wildman–Crippen MR) is 233 cm³/mol. The van der Waals surface area contributed by atoms with Gasteiger partial charge < -0.3 is 14.2 Å². The molecule has 0 rings (SSSR count). The molecule has 0 aliphatic heterocycles. The average molecular weight is 767 g/mol.